The van der Waals surface area contributed by atoms with Gasteiger partial charge < -0.3 is 0 Å². The van der Waals surface area contributed by atoms with Gasteiger partial charge in [-0.15, -0.1) is 0 Å². The van der Waals surface area contributed by atoms with Crippen LogP contribution < -0.4 is 0 Å². The summed E-state index contributed by atoms with van der Waals surface area (Å²) in [7, 11) is 0. The first-order chi connectivity index (χ1) is 6.42. The lowest BCUT2D eigenvalue weighted by Crippen LogP contribution is -1.90. The Hall–Kier alpha value is -0.790. The van der Waals surface area contributed by atoms with Crippen molar-refractivity contribution in [1.82, 2.24) is 10.2 Å². The molecule has 2 nitrogen and oxygen atoms in total. The van der Waals surface area contributed by atoms with Gasteiger partial charge in [-0.2, -0.15) is 5.10 Å². The summed E-state index contributed by atoms with van der Waals surface area (Å²) in [5, 5.41) is 7.32. The summed E-state index contributed by atoms with van der Waals surface area (Å²) in [5.41, 5.74) is 2.83. The van der Waals surface area contributed by atoms with Crippen LogP contribution in [0, 0.1) is 0 Å². The van der Waals surface area contributed by atoms with Crippen LogP contribution in [-0.2, 0) is 6.42 Å². The summed E-state index contributed by atoms with van der Waals surface area (Å²) in [6.45, 7) is 2.24. The van der Waals surface area contributed by atoms with Gasteiger partial charge in [0.15, 0.2) is 0 Å². The molecule has 1 N–H and O–H groups in total. The van der Waals surface area contributed by atoms with Crippen molar-refractivity contribution in [2.75, 3.05) is 0 Å². The van der Waals surface area contributed by atoms with Crippen LogP contribution in [0.2, 0.25) is 0 Å². The topological polar surface area (TPSA) is 28.7 Å². The van der Waals surface area contributed by atoms with Crippen molar-refractivity contribution in [3.05, 3.63) is 17.5 Å². The van der Waals surface area contributed by atoms with Crippen LogP contribution in [-0.4, -0.2) is 10.2 Å². The molecule has 1 saturated carbocycles. The molecule has 1 heterocycles. The minimum Gasteiger partial charge on any atom is -0.285 e. The van der Waals surface area contributed by atoms with Gasteiger partial charge in [-0.25, -0.2) is 0 Å². The summed E-state index contributed by atoms with van der Waals surface area (Å²) < 4.78 is 0. The highest BCUT2D eigenvalue weighted by Crippen LogP contribution is 2.41. The fourth-order valence-corrected chi connectivity index (χ4v) is 1.82. The van der Waals surface area contributed by atoms with E-state index in [1.54, 1.807) is 0 Å². The molecule has 1 aliphatic carbocycles. The van der Waals surface area contributed by atoms with E-state index in [0.29, 0.717) is 0 Å². The molecule has 13 heavy (non-hydrogen) atoms. The summed E-state index contributed by atoms with van der Waals surface area (Å²) in [4.78, 5) is 0. The highest BCUT2D eigenvalue weighted by molar-refractivity contribution is 5.25. The summed E-state index contributed by atoms with van der Waals surface area (Å²) in [6, 6.07) is 0. The molecule has 0 amide bonds. The van der Waals surface area contributed by atoms with Gasteiger partial charge in [0.1, 0.15) is 0 Å². The highest BCUT2D eigenvalue weighted by Gasteiger charge is 2.26. The number of unbranched alkanes of at least 4 members (excludes halogenated alkanes) is 2. The Balaban J connectivity index is 1.90. The molecule has 0 bridgehead atoms. The van der Waals surface area contributed by atoms with Crippen LogP contribution >= 0.6 is 0 Å². The van der Waals surface area contributed by atoms with Crippen molar-refractivity contribution in [1.29, 1.82) is 0 Å². The maximum Gasteiger partial charge on any atom is 0.0656 e. The number of hydrogen-bond donors (Lipinski definition) is 1. The van der Waals surface area contributed by atoms with Gasteiger partial charge in [-0.3, -0.25) is 5.10 Å². The second-order valence-corrected chi connectivity index (χ2v) is 4.02. The molecular formula is C11H18N2. The molecule has 1 aromatic rings. The average Bonchev–Trinajstić information content (AvgIpc) is 2.88. The molecule has 1 aliphatic rings. The Morgan fingerprint density at radius 1 is 1.46 bits per heavy atom. The van der Waals surface area contributed by atoms with Crippen molar-refractivity contribution in [3.63, 3.8) is 0 Å². The van der Waals surface area contributed by atoms with E-state index in [1.165, 1.54) is 49.8 Å². The van der Waals surface area contributed by atoms with Gasteiger partial charge in [-0.05, 0) is 37.2 Å². The zero-order valence-electron chi connectivity index (χ0n) is 8.34. The van der Waals surface area contributed by atoms with Gasteiger partial charge in [-0.1, -0.05) is 19.8 Å². The lowest BCUT2D eigenvalue weighted by atomic mass is 10.1. The number of H-pyrrole nitrogens is 1. The molecule has 1 aromatic heterocycles. The standard InChI is InChI=1S/C11H18N2/c1-2-3-4-5-11-10(8-12-13-11)9-6-7-9/h8-9H,2-7H2,1H3,(H,12,13). The van der Waals surface area contributed by atoms with Crippen LogP contribution in [0.1, 0.15) is 56.2 Å². The molecule has 72 valence electrons. The maximum absolute atomic E-state index is 4.32. The number of rotatable bonds is 5. The SMILES string of the molecule is CCCCCc1n[nH]cc1C1CC1. The summed E-state index contributed by atoms with van der Waals surface area (Å²) >= 11 is 0. The zero-order chi connectivity index (χ0) is 9.10. The van der Waals surface area contributed by atoms with Crippen LogP contribution in [0.25, 0.3) is 0 Å². The molecule has 0 radical (unpaired) electrons. The molecular weight excluding hydrogens is 160 g/mol. The third-order valence-electron chi connectivity index (χ3n) is 2.79. The average molecular weight is 178 g/mol. The van der Waals surface area contributed by atoms with Crippen LogP contribution in [0.4, 0.5) is 0 Å². The zero-order valence-corrected chi connectivity index (χ0v) is 8.34. The first-order valence-electron chi connectivity index (χ1n) is 5.44. The number of nitrogens with one attached hydrogen (secondary N) is 1. The molecule has 2 heteroatoms. The van der Waals surface area contributed by atoms with Gasteiger partial charge >= 0.3 is 0 Å². The van der Waals surface area contributed by atoms with Crippen molar-refractivity contribution >= 4 is 0 Å². The smallest absolute Gasteiger partial charge is 0.0656 e. The van der Waals surface area contributed by atoms with Crippen LogP contribution in [0.5, 0.6) is 0 Å². The van der Waals surface area contributed by atoms with E-state index in [-0.39, 0.29) is 0 Å². The molecule has 0 aromatic carbocycles. The Morgan fingerprint density at radius 3 is 3.00 bits per heavy atom. The largest absolute Gasteiger partial charge is 0.285 e. The molecule has 0 spiro atoms. The molecule has 1 fully saturated rings. The van der Waals surface area contributed by atoms with E-state index in [0.717, 1.165) is 5.92 Å². The third kappa shape index (κ3) is 2.11. The lowest BCUT2D eigenvalue weighted by Gasteiger charge is -1.99. The third-order valence-corrected chi connectivity index (χ3v) is 2.79. The predicted molar refractivity (Wildman–Crippen MR) is 53.8 cm³/mol. The lowest BCUT2D eigenvalue weighted by molar-refractivity contribution is 0.701. The van der Waals surface area contributed by atoms with Crippen LogP contribution in [0.3, 0.4) is 0 Å². The molecule has 0 saturated heterocycles. The maximum atomic E-state index is 4.32. The van der Waals surface area contributed by atoms with E-state index < -0.39 is 0 Å². The minimum atomic E-state index is 0.843. The molecule has 2 rings (SSSR count). The van der Waals surface area contributed by atoms with Crippen molar-refractivity contribution in [2.45, 2.75) is 51.4 Å². The van der Waals surface area contributed by atoms with Crippen molar-refractivity contribution in [3.8, 4) is 0 Å². The summed E-state index contributed by atoms with van der Waals surface area (Å²) in [5.74, 6) is 0.843. The second-order valence-electron chi connectivity index (χ2n) is 4.02. The Bertz CT molecular complexity index is 261. The van der Waals surface area contributed by atoms with Crippen molar-refractivity contribution < 1.29 is 0 Å². The normalized spacial score (nSPS) is 16.4. The van der Waals surface area contributed by atoms with Gasteiger partial charge in [0.2, 0.25) is 0 Å². The van der Waals surface area contributed by atoms with Crippen molar-refractivity contribution in [2.24, 2.45) is 0 Å². The van der Waals surface area contributed by atoms with E-state index in [1.807, 2.05) is 0 Å². The minimum absolute atomic E-state index is 0.843. The molecule has 0 aliphatic heterocycles. The monoisotopic (exact) mass is 178 g/mol. The number of aryl methyl sites for hydroxylation is 1. The highest BCUT2D eigenvalue weighted by atomic mass is 15.1. The van der Waals surface area contributed by atoms with E-state index in [4.69, 9.17) is 0 Å². The number of aromatic nitrogens is 2. The quantitative estimate of drug-likeness (QED) is 0.690. The number of hydrogen-bond acceptors (Lipinski definition) is 1. The fraction of sp³-hybridized carbons (Fsp3) is 0.727. The molecule has 0 unspecified atom stereocenters. The van der Waals surface area contributed by atoms with Crippen LogP contribution in [0.15, 0.2) is 6.20 Å². The Morgan fingerprint density at radius 2 is 2.31 bits per heavy atom. The number of nitrogens with zero attached hydrogens (tertiary/aromatic N) is 1. The molecule has 0 atom stereocenters. The van der Waals surface area contributed by atoms with E-state index >= 15 is 0 Å². The van der Waals surface area contributed by atoms with Gasteiger partial charge in [0, 0.05) is 6.20 Å². The predicted octanol–water partition coefficient (Wildman–Crippen LogP) is 3.02. The van der Waals surface area contributed by atoms with E-state index in [9.17, 15) is 0 Å². The second kappa shape index (κ2) is 3.95. The van der Waals surface area contributed by atoms with E-state index in [2.05, 4.69) is 23.3 Å². The Labute approximate surface area is 79.7 Å². The van der Waals surface area contributed by atoms with Gasteiger partial charge in [0.25, 0.3) is 0 Å². The first-order valence-corrected chi connectivity index (χ1v) is 5.44. The Kier molecular flexibility index (Phi) is 2.67. The first kappa shape index (κ1) is 8.79. The number of aromatic amines is 1. The summed E-state index contributed by atoms with van der Waals surface area (Å²) in [6.07, 6.45) is 9.93. The van der Waals surface area contributed by atoms with Gasteiger partial charge in [0.05, 0.1) is 5.69 Å². The fourth-order valence-electron chi connectivity index (χ4n) is 1.82.